The smallest absolute Gasteiger partial charge is 0.261 e. The van der Waals surface area contributed by atoms with Crippen molar-refractivity contribution in [3.8, 4) is 5.75 Å². The van der Waals surface area contributed by atoms with Gasteiger partial charge in [-0.05, 0) is 36.2 Å². The number of aromatic hydroxyl groups is 1. The van der Waals surface area contributed by atoms with Crippen LogP contribution in [0.2, 0.25) is 0 Å². The van der Waals surface area contributed by atoms with Gasteiger partial charge in [0.2, 0.25) is 0 Å². The summed E-state index contributed by atoms with van der Waals surface area (Å²) in [5.74, 6) is 0.147. The number of aryl methyl sites for hydroxylation is 1. The van der Waals surface area contributed by atoms with Crippen molar-refractivity contribution in [1.82, 2.24) is 5.32 Å². The van der Waals surface area contributed by atoms with E-state index in [4.69, 9.17) is 0 Å². The average Bonchev–Trinajstić information content (AvgIpc) is 2.85. The third-order valence-electron chi connectivity index (χ3n) is 2.60. The van der Waals surface area contributed by atoms with E-state index in [0.29, 0.717) is 6.54 Å². The van der Waals surface area contributed by atoms with Crippen molar-refractivity contribution in [2.24, 2.45) is 0 Å². The van der Waals surface area contributed by atoms with Crippen LogP contribution < -0.4 is 5.32 Å². The summed E-state index contributed by atoms with van der Waals surface area (Å²) in [6.07, 6.45) is 0.949. The van der Waals surface area contributed by atoms with Gasteiger partial charge in [0, 0.05) is 11.4 Å². The molecule has 2 N–H and O–H groups in total. The molecule has 4 heteroatoms. The summed E-state index contributed by atoms with van der Waals surface area (Å²) < 4.78 is 0. The maximum Gasteiger partial charge on any atom is 0.261 e. The lowest BCUT2D eigenvalue weighted by Gasteiger charge is -2.04. The number of amides is 1. The predicted molar refractivity (Wildman–Crippen MR) is 73.0 cm³/mol. The van der Waals surface area contributed by atoms with E-state index < -0.39 is 0 Å². The summed E-state index contributed by atoms with van der Waals surface area (Å²) in [5, 5.41) is 12.2. The number of thiophene rings is 1. The monoisotopic (exact) mass is 261 g/mol. The van der Waals surface area contributed by atoms with Crippen LogP contribution >= 0.6 is 11.3 Å². The number of phenols is 1. The summed E-state index contributed by atoms with van der Waals surface area (Å²) in [7, 11) is 0. The first-order chi connectivity index (χ1) is 8.69. The second kappa shape index (κ2) is 5.69. The number of hydrogen-bond donors (Lipinski definition) is 2. The molecule has 2 rings (SSSR count). The van der Waals surface area contributed by atoms with Gasteiger partial charge in [-0.25, -0.2) is 0 Å². The first-order valence-electron chi connectivity index (χ1n) is 5.84. The van der Waals surface area contributed by atoms with E-state index >= 15 is 0 Å². The number of benzene rings is 1. The SMILES string of the molecule is CCc1ccc(C(=O)NCc2cccc(O)c2)s1. The van der Waals surface area contributed by atoms with Gasteiger partial charge >= 0.3 is 0 Å². The van der Waals surface area contributed by atoms with Crippen molar-refractivity contribution in [1.29, 1.82) is 0 Å². The van der Waals surface area contributed by atoms with Crippen LogP contribution in [0.25, 0.3) is 0 Å². The summed E-state index contributed by atoms with van der Waals surface area (Å²) in [5.41, 5.74) is 0.885. The molecule has 3 nitrogen and oxygen atoms in total. The molecule has 0 fully saturated rings. The largest absolute Gasteiger partial charge is 0.508 e. The fourth-order valence-electron chi connectivity index (χ4n) is 1.63. The number of rotatable bonds is 4. The maximum atomic E-state index is 11.9. The van der Waals surface area contributed by atoms with Gasteiger partial charge in [-0.2, -0.15) is 0 Å². The number of carbonyl (C=O) groups is 1. The molecule has 1 amide bonds. The Morgan fingerprint density at radius 3 is 2.83 bits per heavy atom. The van der Waals surface area contributed by atoms with Gasteiger partial charge in [-0.15, -0.1) is 11.3 Å². The standard InChI is InChI=1S/C14H15NO2S/c1-2-12-6-7-13(18-12)14(17)15-9-10-4-3-5-11(16)8-10/h3-8,16H,2,9H2,1H3,(H,15,17). The minimum absolute atomic E-state index is 0.0666. The molecule has 0 aliphatic heterocycles. The molecule has 1 aromatic heterocycles. The van der Waals surface area contributed by atoms with Crippen LogP contribution in [0.1, 0.15) is 27.0 Å². The molecule has 2 aromatic rings. The van der Waals surface area contributed by atoms with E-state index in [0.717, 1.165) is 16.9 Å². The second-order valence-electron chi connectivity index (χ2n) is 3.97. The van der Waals surface area contributed by atoms with E-state index in [2.05, 4.69) is 12.2 Å². The Bertz CT molecular complexity index is 548. The van der Waals surface area contributed by atoms with Crippen LogP contribution in [-0.4, -0.2) is 11.0 Å². The van der Waals surface area contributed by atoms with Crippen LogP contribution in [-0.2, 0) is 13.0 Å². The highest BCUT2D eigenvalue weighted by atomic mass is 32.1. The van der Waals surface area contributed by atoms with E-state index in [1.54, 1.807) is 18.2 Å². The molecule has 0 saturated carbocycles. The van der Waals surface area contributed by atoms with Gasteiger partial charge in [-0.3, -0.25) is 4.79 Å². The molecule has 0 bridgehead atoms. The summed E-state index contributed by atoms with van der Waals surface area (Å²) in [6, 6.07) is 10.7. The molecule has 1 aromatic carbocycles. The summed E-state index contributed by atoms with van der Waals surface area (Å²) >= 11 is 1.52. The molecule has 18 heavy (non-hydrogen) atoms. The molecule has 0 radical (unpaired) electrons. The Balaban J connectivity index is 1.96. The van der Waals surface area contributed by atoms with Crippen LogP contribution in [0.3, 0.4) is 0 Å². The Morgan fingerprint density at radius 1 is 1.33 bits per heavy atom. The van der Waals surface area contributed by atoms with E-state index in [1.807, 2.05) is 18.2 Å². The molecule has 0 unspecified atom stereocenters. The zero-order valence-electron chi connectivity index (χ0n) is 10.1. The van der Waals surface area contributed by atoms with Gasteiger partial charge in [0.1, 0.15) is 5.75 Å². The zero-order chi connectivity index (χ0) is 13.0. The topological polar surface area (TPSA) is 49.3 Å². The molecule has 0 atom stereocenters. The molecule has 1 heterocycles. The fourth-order valence-corrected chi connectivity index (χ4v) is 2.49. The Morgan fingerprint density at radius 2 is 2.17 bits per heavy atom. The number of hydrogen-bond acceptors (Lipinski definition) is 3. The van der Waals surface area contributed by atoms with Gasteiger partial charge in [0.15, 0.2) is 0 Å². The maximum absolute atomic E-state index is 11.9. The molecule has 0 saturated heterocycles. The van der Waals surface area contributed by atoms with E-state index in [1.165, 1.54) is 16.2 Å². The van der Waals surface area contributed by atoms with Crippen molar-refractivity contribution >= 4 is 17.2 Å². The van der Waals surface area contributed by atoms with Crippen molar-refractivity contribution < 1.29 is 9.90 Å². The van der Waals surface area contributed by atoms with Crippen LogP contribution in [0, 0.1) is 0 Å². The summed E-state index contributed by atoms with van der Waals surface area (Å²) in [6.45, 7) is 2.49. The highest BCUT2D eigenvalue weighted by Gasteiger charge is 2.08. The van der Waals surface area contributed by atoms with Crippen molar-refractivity contribution in [2.75, 3.05) is 0 Å². The minimum atomic E-state index is -0.0666. The normalized spacial score (nSPS) is 10.3. The van der Waals surface area contributed by atoms with Gasteiger partial charge in [0.05, 0.1) is 4.88 Å². The van der Waals surface area contributed by atoms with Crippen LogP contribution in [0.5, 0.6) is 5.75 Å². The predicted octanol–water partition coefficient (Wildman–Crippen LogP) is 2.95. The number of carbonyl (C=O) groups excluding carboxylic acids is 1. The van der Waals surface area contributed by atoms with E-state index in [-0.39, 0.29) is 11.7 Å². The number of nitrogens with one attached hydrogen (secondary N) is 1. The van der Waals surface area contributed by atoms with Gasteiger partial charge in [-0.1, -0.05) is 19.1 Å². The lowest BCUT2D eigenvalue weighted by molar-refractivity contribution is 0.0955. The second-order valence-corrected chi connectivity index (χ2v) is 5.14. The highest BCUT2D eigenvalue weighted by Crippen LogP contribution is 2.17. The number of phenolic OH excluding ortho intramolecular Hbond substituents is 1. The molecular formula is C14H15NO2S. The minimum Gasteiger partial charge on any atom is -0.508 e. The first kappa shape index (κ1) is 12.6. The lowest BCUT2D eigenvalue weighted by atomic mass is 10.2. The van der Waals surface area contributed by atoms with Gasteiger partial charge < -0.3 is 10.4 Å². The summed E-state index contributed by atoms with van der Waals surface area (Å²) in [4.78, 5) is 13.8. The van der Waals surface area contributed by atoms with Crippen molar-refractivity contribution in [3.05, 3.63) is 51.7 Å². The highest BCUT2D eigenvalue weighted by molar-refractivity contribution is 7.14. The zero-order valence-corrected chi connectivity index (χ0v) is 11.0. The fraction of sp³-hybridized carbons (Fsp3) is 0.214. The average molecular weight is 261 g/mol. The Hall–Kier alpha value is -1.81. The molecule has 0 spiro atoms. The Kier molecular flexibility index (Phi) is 3.99. The molecule has 94 valence electrons. The lowest BCUT2D eigenvalue weighted by Crippen LogP contribution is -2.21. The quantitative estimate of drug-likeness (QED) is 0.889. The Labute approximate surface area is 110 Å². The van der Waals surface area contributed by atoms with Crippen molar-refractivity contribution in [3.63, 3.8) is 0 Å². The van der Waals surface area contributed by atoms with Gasteiger partial charge in [0.25, 0.3) is 5.91 Å². The first-order valence-corrected chi connectivity index (χ1v) is 6.65. The third-order valence-corrected chi connectivity index (χ3v) is 3.83. The van der Waals surface area contributed by atoms with Crippen LogP contribution in [0.4, 0.5) is 0 Å². The van der Waals surface area contributed by atoms with Crippen molar-refractivity contribution in [2.45, 2.75) is 19.9 Å². The molecule has 0 aliphatic carbocycles. The third kappa shape index (κ3) is 3.11. The molecular weight excluding hydrogens is 246 g/mol. The van der Waals surface area contributed by atoms with Crippen LogP contribution in [0.15, 0.2) is 36.4 Å². The molecule has 0 aliphatic rings. The van der Waals surface area contributed by atoms with E-state index in [9.17, 15) is 9.90 Å².